The maximum absolute atomic E-state index is 5.02. The molecule has 16 heavy (non-hydrogen) atoms. The van der Waals surface area contributed by atoms with Crippen molar-refractivity contribution >= 4 is 0 Å². The predicted octanol–water partition coefficient (Wildman–Crippen LogP) is 1.74. The molecule has 1 unspecified atom stereocenters. The summed E-state index contributed by atoms with van der Waals surface area (Å²) in [4.78, 5) is 4.53. The van der Waals surface area contributed by atoms with Gasteiger partial charge in [0.1, 0.15) is 0 Å². The summed E-state index contributed by atoms with van der Waals surface area (Å²) >= 11 is 0. The largest absolute Gasteiger partial charge is 0.383 e. The van der Waals surface area contributed by atoms with Crippen molar-refractivity contribution in [3.8, 4) is 0 Å². The van der Waals surface area contributed by atoms with Crippen LogP contribution in [0.5, 0.6) is 0 Å². The van der Waals surface area contributed by atoms with E-state index in [0.717, 1.165) is 19.7 Å². The lowest BCUT2D eigenvalue weighted by Gasteiger charge is -2.24. The monoisotopic (exact) mass is 220 g/mol. The maximum Gasteiger partial charge on any atom is 0.0587 e. The van der Waals surface area contributed by atoms with Gasteiger partial charge in [0.15, 0.2) is 0 Å². The van der Waals surface area contributed by atoms with E-state index in [0.29, 0.717) is 5.92 Å². The zero-order valence-corrected chi connectivity index (χ0v) is 9.91. The summed E-state index contributed by atoms with van der Waals surface area (Å²) in [6.45, 7) is 2.73. The molecule has 0 aliphatic heterocycles. The van der Waals surface area contributed by atoms with E-state index >= 15 is 0 Å². The lowest BCUT2D eigenvalue weighted by Crippen LogP contribution is -2.27. The highest BCUT2D eigenvalue weighted by Gasteiger charge is 2.20. The predicted molar refractivity (Wildman–Crippen MR) is 64.7 cm³/mol. The normalized spacial score (nSPS) is 19.4. The quantitative estimate of drug-likeness (QED) is 0.767. The minimum Gasteiger partial charge on any atom is -0.383 e. The lowest BCUT2D eigenvalue weighted by molar-refractivity contribution is 0.198. The Morgan fingerprint density at radius 2 is 2.50 bits per heavy atom. The number of rotatable bonds is 5. The Balaban J connectivity index is 1.91. The number of ether oxygens (including phenoxy) is 1. The summed E-state index contributed by atoms with van der Waals surface area (Å²) in [5.74, 6) is 0.585. The van der Waals surface area contributed by atoms with Crippen LogP contribution < -0.4 is 5.32 Å². The fourth-order valence-electron chi connectivity index (χ4n) is 2.35. The molecule has 88 valence electrons. The van der Waals surface area contributed by atoms with E-state index < -0.39 is 0 Å². The van der Waals surface area contributed by atoms with Crippen LogP contribution in [0.3, 0.4) is 0 Å². The molecule has 0 spiro atoms. The van der Waals surface area contributed by atoms with Gasteiger partial charge in [0.05, 0.1) is 6.61 Å². The van der Waals surface area contributed by atoms with Crippen LogP contribution in [0.4, 0.5) is 0 Å². The molecule has 1 aliphatic rings. The van der Waals surface area contributed by atoms with Crippen molar-refractivity contribution in [3.05, 3.63) is 29.6 Å². The van der Waals surface area contributed by atoms with Crippen molar-refractivity contribution in [3.63, 3.8) is 0 Å². The number of hydrogen-bond donors (Lipinski definition) is 1. The average molecular weight is 220 g/mol. The second-order valence-corrected chi connectivity index (χ2v) is 4.33. The Bertz CT molecular complexity index is 327. The number of aromatic nitrogens is 1. The number of nitrogens with one attached hydrogen (secondary N) is 1. The fraction of sp³-hybridized carbons (Fsp3) is 0.615. The van der Waals surface area contributed by atoms with E-state index in [1.54, 1.807) is 7.11 Å². The molecule has 1 aromatic rings. The maximum atomic E-state index is 5.02. The third-order valence-corrected chi connectivity index (χ3v) is 3.19. The molecule has 3 heteroatoms. The number of methoxy groups -OCH3 is 1. The van der Waals surface area contributed by atoms with Crippen LogP contribution in [0.25, 0.3) is 0 Å². The fourth-order valence-corrected chi connectivity index (χ4v) is 2.35. The summed E-state index contributed by atoms with van der Waals surface area (Å²) in [5, 5.41) is 3.43. The molecule has 0 radical (unpaired) electrons. The minimum absolute atomic E-state index is 0.585. The number of hydrogen-bond acceptors (Lipinski definition) is 3. The van der Waals surface area contributed by atoms with E-state index in [4.69, 9.17) is 4.74 Å². The lowest BCUT2D eigenvalue weighted by atomic mass is 9.86. The number of fused-ring (bicyclic) bond motifs is 1. The van der Waals surface area contributed by atoms with Gasteiger partial charge in [0.2, 0.25) is 0 Å². The first kappa shape index (κ1) is 11.6. The summed E-state index contributed by atoms with van der Waals surface area (Å²) in [7, 11) is 1.74. The molecule has 0 saturated carbocycles. The molecule has 0 fully saturated rings. The van der Waals surface area contributed by atoms with Crippen molar-refractivity contribution in [1.82, 2.24) is 10.3 Å². The Morgan fingerprint density at radius 3 is 3.38 bits per heavy atom. The second kappa shape index (κ2) is 5.97. The highest BCUT2D eigenvalue weighted by atomic mass is 16.5. The summed E-state index contributed by atoms with van der Waals surface area (Å²) < 4.78 is 5.02. The Hall–Kier alpha value is -0.930. The van der Waals surface area contributed by atoms with Gasteiger partial charge < -0.3 is 10.1 Å². The average Bonchev–Trinajstić information content (AvgIpc) is 2.35. The molecule has 0 amide bonds. The van der Waals surface area contributed by atoms with Crippen molar-refractivity contribution in [2.24, 2.45) is 0 Å². The van der Waals surface area contributed by atoms with E-state index in [2.05, 4.69) is 16.4 Å². The standard InChI is InChI=1S/C13H20N2O/c1-16-9-8-14-10-12-5-2-4-11-6-3-7-15-13(11)12/h3,6-7,12,14H,2,4-5,8-10H2,1H3. The van der Waals surface area contributed by atoms with Crippen molar-refractivity contribution < 1.29 is 4.74 Å². The summed E-state index contributed by atoms with van der Waals surface area (Å²) in [5.41, 5.74) is 2.74. The van der Waals surface area contributed by atoms with E-state index in [9.17, 15) is 0 Å². The molecular weight excluding hydrogens is 200 g/mol. The SMILES string of the molecule is COCCNCC1CCCc2cccnc21. The Morgan fingerprint density at radius 1 is 1.56 bits per heavy atom. The molecule has 1 atom stereocenters. The summed E-state index contributed by atoms with van der Waals surface area (Å²) in [6.07, 6.45) is 5.64. The number of aryl methyl sites for hydroxylation is 1. The van der Waals surface area contributed by atoms with Gasteiger partial charge in [-0.25, -0.2) is 0 Å². The van der Waals surface area contributed by atoms with Gasteiger partial charge in [-0.05, 0) is 30.9 Å². The number of nitrogens with zero attached hydrogens (tertiary/aromatic N) is 1. The van der Waals surface area contributed by atoms with Gasteiger partial charge in [0, 0.05) is 38.0 Å². The highest BCUT2D eigenvalue weighted by Crippen LogP contribution is 2.28. The van der Waals surface area contributed by atoms with Gasteiger partial charge in [0.25, 0.3) is 0 Å². The van der Waals surface area contributed by atoms with Crippen LogP contribution in [-0.2, 0) is 11.2 Å². The third-order valence-electron chi connectivity index (χ3n) is 3.19. The first-order valence-corrected chi connectivity index (χ1v) is 6.05. The highest BCUT2D eigenvalue weighted by molar-refractivity contribution is 5.26. The topological polar surface area (TPSA) is 34.1 Å². The second-order valence-electron chi connectivity index (χ2n) is 4.33. The van der Waals surface area contributed by atoms with Crippen LogP contribution in [0.1, 0.15) is 30.0 Å². The molecule has 1 aliphatic carbocycles. The molecule has 2 rings (SSSR count). The van der Waals surface area contributed by atoms with Crippen LogP contribution in [-0.4, -0.2) is 31.8 Å². The third kappa shape index (κ3) is 2.80. The van der Waals surface area contributed by atoms with Crippen molar-refractivity contribution in [2.45, 2.75) is 25.2 Å². The van der Waals surface area contributed by atoms with E-state index in [-0.39, 0.29) is 0 Å². The van der Waals surface area contributed by atoms with Crippen LogP contribution in [0.15, 0.2) is 18.3 Å². The molecule has 1 aromatic heterocycles. The molecule has 0 aromatic carbocycles. The molecule has 1 N–H and O–H groups in total. The van der Waals surface area contributed by atoms with Gasteiger partial charge in [-0.15, -0.1) is 0 Å². The first-order valence-electron chi connectivity index (χ1n) is 6.05. The molecule has 1 heterocycles. The van der Waals surface area contributed by atoms with Crippen molar-refractivity contribution in [1.29, 1.82) is 0 Å². The van der Waals surface area contributed by atoms with Crippen LogP contribution in [0.2, 0.25) is 0 Å². The summed E-state index contributed by atoms with van der Waals surface area (Å²) in [6, 6.07) is 4.25. The zero-order chi connectivity index (χ0) is 11.2. The Labute approximate surface area is 97.2 Å². The van der Waals surface area contributed by atoms with Crippen LogP contribution >= 0.6 is 0 Å². The van der Waals surface area contributed by atoms with Gasteiger partial charge in [-0.3, -0.25) is 4.98 Å². The number of pyridine rings is 1. The van der Waals surface area contributed by atoms with Gasteiger partial charge >= 0.3 is 0 Å². The molecule has 0 saturated heterocycles. The van der Waals surface area contributed by atoms with E-state index in [1.807, 2.05) is 12.3 Å². The molecular formula is C13H20N2O. The van der Waals surface area contributed by atoms with Crippen LogP contribution in [0, 0.1) is 0 Å². The van der Waals surface area contributed by atoms with Gasteiger partial charge in [-0.2, -0.15) is 0 Å². The smallest absolute Gasteiger partial charge is 0.0587 e. The first-order chi connectivity index (χ1) is 7.92. The van der Waals surface area contributed by atoms with E-state index in [1.165, 1.54) is 30.5 Å². The van der Waals surface area contributed by atoms with Crippen molar-refractivity contribution in [2.75, 3.05) is 26.8 Å². The minimum atomic E-state index is 0.585. The molecule has 3 nitrogen and oxygen atoms in total. The zero-order valence-electron chi connectivity index (χ0n) is 9.91. The van der Waals surface area contributed by atoms with Gasteiger partial charge in [-0.1, -0.05) is 6.07 Å². The molecule has 0 bridgehead atoms. The Kier molecular flexibility index (Phi) is 4.31.